The van der Waals surface area contributed by atoms with E-state index in [0.29, 0.717) is 11.6 Å². The maximum absolute atomic E-state index is 10.0. The van der Waals surface area contributed by atoms with Gasteiger partial charge in [0, 0.05) is 11.6 Å². The van der Waals surface area contributed by atoms with Gasteiger partial charge < -0.3 is 10.8 Å². The Kier molecular flexibility index (Phi) is 6.41. The molecule has 3 nitrogen and oxygen atoms in total. The summed E-state index contributed by atoms with van der Waals surface area (Å²) in [5.41, 5.74) is 5.87. The van der Waals surface area contributed by atoms with Crippen LogP contribution in [0.5, 0.6) is 5.75 Å². The lowest BCUT2D eigenvalue weighted by molar-refractivity contribution is 0.112. The van der Waals surface area contributed by atoms with E-state index in [2.05, 4.69) is 6.92 Å². The van der Waals surface area contributed by atoms with Crippen molar-refractivity contribution in [3.8, 4) is 5.75 Å². The van der Waals surface area contributed by atoms with Crippen molar-refractivity contribution >= 4 is 6.29 Å². The first-order valence-corrected chi connectivity index (χ1v) is 4.60. The standard InChI is InChI=1S/C7H6O2.C4H11N/c8-5-6-1-3-7(9)4-2-6;1-3-4(2)5/h1-5,9H;4H,3,5H2,1-2H3. The summed E-state index contributed by atoms with van der Waals surface area (Å²) >= 11 is 0. The van der Waals surface area contributed by atoms with Crippen LogP contribution in [0.25, 0.3) is 0 Å². The van der Waals surface area contributed by atoms with Crippen LogP contribution in [-0.2, 0) is 0 Å². The fourth-order valence-corrected chi connectivity index (χ4v) is 0.553. The number of aldehydes is 1. The van der Waals surface area contributed by atoms with Gasteiger partial charge in [0.1, 0.15) is 12.0 Å². The Bertz CT molecular complexity index is 254. The Labute approximate surface area is 84.6 Å². The highest BCUT2D eigenvalue weighted by Crippen LogP contribution is 2.07. The average molecular weight is 195 g/mol. The van der Waals surface area contributed by atoms with Crippen LogP contribution in [0.1, 0.15) is 30.6 Å². The Balaban J connectivity index is 0.000000292. The highest BCUT2D eigenvalue weighted by molar-refractivity contribution is 5.74. The Morgan fingerprint density at radius 3 is 2.14 bits per heavy atom. The van der Waals surface area contributed by atoms with Gasteiger partial charge in [0.05, 0.1) is 0 Å². The average Bonchev–Trinajstić information content (AvgIpc) is 2.20. The minimum atomic E-state index is 0.181. The zero-order valence-corrected chi connectivity index (χ0v) is 8.60. The van der Waals surface area contributed by atoms with Gasteiger partial charge in [-0.25, -0.2) is 0 Å². The number of carbonyl (C=O) groups is 1. The van der Waals surface area contributed by atoms with E-state index in [1.165, 1.54) is 12.1 Å². The molecule has 0 aliphatic carbocycles. The first kappa shape index (κ1) is 12.7. The molecule has 1 atom stereocenters. The van der Waals surface area contributed by atoms with E-state index in [9.17, 15) is 4.79 Å². The number of rotatable bonds is 2. The molecule has 3 heteroatoms. The summed E-state index contributed by atoms with van der Waals surface area (Å²) < 4.78 is 0. The van der Waals surface area contributed by atoms with Crippen molar-refractivity contribution in [2.75, 3.05) is 0 Å². The lowest BCUT2D eigenvalue weighted by Crippen LogP contribution is -2.11. The fourth-order valence-electron chi connectivity index (χ4n) is 0.553. The lowest BCUT2D eigenvalue weighted by Gasteiger charge is -1.91. The summed E-state index contributed by atoms with van der Waals surface area (Å²) in [5, 5.41) is 8.74. The van der Waals surface area contributed by atoms with Crippen LogP contribution >= 0.6 is 0 Å². The molecule has 0 aromatic heterocycles. The predicted molar refractivity (Wildman–Crippen MR) is 57.4 cm³/mol. The maximum Gasteiger partial charge on any atom is 0.150 e. The quantitative estimate of drug-likeness (QED) is 0.709. The van der Waals surface area contributed by atoms with Gasteiger partial charge in [-0.1, -0.05) is 6.92 Å². The van der Waals surface area contributed by atoms with Gasteiger partial charge >= 0.3 is 0 Å². The molecule has 0 bridgehead atoms. The first-order valence-electron chi connectivity index (χ1n) is 4.60. The molecule has 0 heterocycles. The Hall–Kier alpha value is -1.35. The summed E-state index contributed by atoms with van der Waals surface area (Å²) in [5.74, 6) is 0.181. The van der Waals surface area contributed by atoms with E-state index in [1.807, 2.05) is 6.92 Å². The molecule has 14 heavy (non-hydrogen) atoms. The fraction of sp³-hybridized carbons (Fsp3) is 0.364. The van der Waals surface area contributed by atoms with Crippen LogP contribution < -0.4 is 5.73 Å². The normalized spacial score (nSPS) is 11.1. The van der Waals surface area contributed by atoms with Crippen molar-refractivity contribution in [1.29, 1.82) is 0 Å². The molecule has 0 fully saturated rings. The Morgan fingerprint density at radius 2 is 1.86 bits per heavy atom. The molecular weight excluding hydrogens is 178 g/mol. The van der Waals surface area contributed by atoms with Crippen LogP contribution in [0.2, 0.25) is 0 Å². The maximum atomic E-state index is 10.0. The topological polar surface area (TPSA) is 63.3 Å². The highest BCUT2D eigenvalue weighted by Gasteiger charge is 1.86. The van der Waals surface area contributed by atoms with Crippen molar-refractivity contribution in [3.05, 3.63) is 29.8 Å². The van der Waals surface area contributed by atoms with E-state index in [4.69, 9.17) is 10.8 Å². The monoisotopic (exact) mass is 195 g/mol. The molecule has 0 spiro atoms. The Morgan fingerprint density at radius 1 is 1.43 bits per heavy atom. The van der Waals surface area contributed by atoms with Gasteiger partial charge in [-0.05, 0) is 37.6 Å². The molecule has 78 valence electrons. The molecule has 0 amide bonds. The van der Waals surface area contributed by atoms with Gasteiger partial charge in [-0.15, -0.1) is 0 Å². The van der Waals surface area contributed by atoms with Crippen LogP contribution in [-0.4, -0.2) is 17.4 Å². The van der Waals surface area contributed by atoms with Crippen LogP contribution in [0.3, 0.4) is 0 Å². The minimum Gasteiger partial charge on any atom is -0.508 e. The smallest absolute Gasteiger partial charge is 0.150 e. The molecule has 1 aromatic rings. The highest BCUT2D eigenvalue weighted by atomic mass is 16.3. The summed E-state index contributed by atoms with van der Waals surface area (Å²) in [7, 11) is 0. The zero-order valence-electron chi connectivity index (χ0n) is 8.60. The second kappa shape index (κ2) is 7.09. The van der Waals surface area contributed by atoms with E-state index in [0.717, 1.165) is 12.7 Å². The number of phenols is 1. The van der Waals surface area contributed by atoms with Crippen molar-refractivity contribution in [3.63, 3.8) is 0 Å². The van der Waals surface area contributed by atoms with Crippen molar-refractivity contribution in [1.82, 2.24) is 0 Å². The van der Waals surface area contributed by atoms with Crippen molar-refractivity contribution in [2.24, 2.45) is 5.73 Å². The molecular formula is C11H17NO2. The van der Waals surface area contributed by atoms with Crippen molar-refractivity contribution < 1.29 is 9.90 Å². The number of nitrogens with two attached hydrogens (primary N) is 1. The van der Waals surface area contributed by atoms with Crippen LogP contribution in [0, 0.1) is 0 Å². The largest absolute Gasteiger partial charge is 0.508 e. The van der Waals surface area contributed by atoms with Crippen molar-refractivity contribution in [2.45, 2.75) is 26.3 Å². The van der Waals surface area contributed by atoms with Gasteiger partial charge in [-0.3, -0.25) is 4.79 Å². The molecule has 0 aliphatic rings. The number of phenolic OH excluding ortho intramolecular Hbond substituents is 1. The lowest BCUT2D eigenvalue weighted by atomic mass is 10.2. The van der Waals surface area contributed by atoms with Crippen LogP contribution in [0.4, 0.5) is 0 Å². The molecule has 3 N–H and O–H groups in total. The predicted octanol–water partition coefficient (Wildman–Crippen LogP) is 1.95. The molecule has 0 saturated heterocycles. The van der Waals surface area contributed by atoms with Crippen LogP contribution in [0.15, 0.2) is 24.3 Å². The number of aromatic hydroxyl groups is 1. The zero-order chi connectivity index (χ0) is 11.0. The SMILES string of the molecule is CCC(C)N.O=Cc1ccc(O)cc1. The first-order chi connectivity index (χ1) is 6.60. The number of hydrogen-bond donors (Lipinski definition) is 2. The molecule has 1 rings (SSSR count). The summed E-state index contributed by atoms with van der Waals surface area (Å²) in [6.45, 7) is 4.07. The molecule has 0 aliphatic heterocycles. The van der Waals surface area contributed by atoms with E-state index < -0.39 is 0 Å². The third kappa shape index (κ3) is 6.20. The third-order valence-corrected chi connectivity index (χ3v) is 1.67. The number of hydrogen-bond acceptors (Lipinski definition) is 3. The second-order valence-corrected chi connectivity index (χ2v) is 3.09. The summed E-state index contributed by atoms with van der Waals surface area (Å²) in [6.07, 6.45) is 1.82. The second-order valence-electron chi connectivity index (χ2n) is 3.09. The third-order valence-electron chi connectivity index (χ3n) is 1.67. The molecule has 1 aromatic carbocycles. The number of benzene rings is 1. The molecule has 1 unspecified atom stereocenters. The van der Waals surface area contributed by atoms with Gasteiger partial charge in [-0.2, -0.15) is 0 Å². The molecule has 0 saturated carbocycles. The summed E-state index contributed by atoms with van der Waals surface area (Å²) in [6, 6.07) is 6.45. The molecule has 0 radical (unpaired) electrons. The van der Waals surface area contributed by atoms with Gasteiger partial charge in [0.25, 0.3) is 0 Å². The van der Waals surface area contributed by atoms with E-state index >= 15 is 0 Å². The minimum absolute atomic E-state index is 0.181. The van der Waals surface area contributed by atoms with E-state index in [-0.39, 0.29) is 5.75 Å². The van der Waals surface area contributed by atoms with Gasteiger partial charge in [0.2, 0.25) is 0 Å². The number of carbonyl (C=O) groups excluding carboxylic acids is 1. The van der Waals surface area contributed by atoms with E-state index in [1.54, 1.807) is 12.1 Å². The van der Waals surface area contributed by atoms with Gasteiger partial charge in [0.15, 0.2) is 0 Å². The summed E-state index contributed by atoms with van der Waals surface area (Å²) in [4.78, 5) is 10.0.